The lowest BCUT2D eigenvalue weighted by molar-refractivity contribution is 0.0995. The Kier molecular flexibility index (Phi) is 5.95. The predicted octanol–water partition coefficient (Wildman–Crippen LogP) is 4.49. The smallest absolute Gasteiger partial charge is 0.291 e. The summed E-state index contributed by atoms with van der Waals surface area (Å²) in [5.41, 5.74) is 2.88. The van der Waals surface area contributed by atoms with Crippen molar-refractivity contribution in [1.29, 1.82) is 0 Å². The summed E-state index contributed by atoms with van der Waals surface area (Å²) in [7, 11) is -3.54. The molecule has 0 spiro atoms. The van der Waals surface area contributed by atoms with E-state index in [0.29, 0.717) is 5.69 Å². The minimum absolute atomic E-state index is 0.0547. The highest BCUT2D eigenvalue weighted by atomic mass is 32.2. The third-order valence-corrected chi connectivity index (χ3v) is 6.34. The van der Waals surface area contributed by atoms with E-state index in [1.54, 1.807) is 30.6 Å². The minimum atomic E-state index is -3.54. The molecule has 4 rings (SSSR count). The number of carbonyl (C=O) groups is 1. The van der Waals surface area contributed by atoms with Crippen LogP contribution in [0.15, 0.2) is 101 Å². The second-order valence-electron chi connectivity index (χ2n) is 7.02. The molecule has 1 amide bonds. The lowest BCUT2D eigenvalue weighted by Gasteiger charge is -2.06. The summed E-state index contributed by atoms with van der Waals surface area (Å²) < 4.78 is 30.4. The van der Waals surface area contributed by atoms with Crippen molar-refractivity contribution in [2.45, 2.75) is 17.1 Å². The fraction of sp³-hybridized carbons (Fsp3) is 0.0833. The number of hydrogen-bond acceptors (Lipinski definition) is 5. The molecule has 6 nitrogen and oxygen atoms in total. The van der Waals surface area contributed by atoms with Crippen LogP contribution in [-0.4, -0.2) is 19.3 Å². The summed E-state index contributed by atoms with van der Waals surface area (Å²) in [4.78, 5) is 16.7. The van der Waals surface area contributed by atoms with E-state index in [4.69, 9.17) is 4.42 Å². The molecule has 1 N–H and O–H groups in total. The Labute approximate surface area is 180 Å². The SMILES string of the molecule is O=C(Nc1ccc(Cc2ccncc2)cc1)c1ccc(CS(=O)(=O)c2ccccc2)o1. The first kappa shape index (κ1) is 20.6. The van der Waals surface area contributed by atoms with Crippen molar-refractivity contribution in [3.63, 3.8) is 0 Å². The number of carbonyl (C=O) groups excluding carboxylic acids is 1. The lowest BCUT2D eigenvalue weighted by atomic mass is 10.1. The third kappa shape index (κ3) is 5.26. The average molecular weight is 433 g/mol. The van der Waals surface area contributed by atoms with Gasteiger partial charge in [0.05, 0.1) is 4.90 Å². The minimum Gasteiger partial charge on any atom is -0.455 e. The van der Waals surface area contributed by atoms with Crippen molar-refractivity contribution in [2.24, 2.45) is 0 Å². The van der Waals surface area contributed by atoms with E-state index in [-0.39, 0.29) is 22.2 Å². The molecule has 7 heteroatoms. The van der Waals surface area contributed by atoms with Crippen LogP contribution >= 0.6 is 0 Å². The zero-order chi connectivity index (χ0) is 21.7. The number of nitrogens with one attached hydrogen (secondary N) is 1. The van der Waals surface area contributed by atoms with Gasteiger partial charge in [0, 0.05) is 18.1 Å². The number of benzene rings is 2. The third-order valence-electron chi connectivity index (χ3n) is 4.69. The summed E-state index contributed by atoms with van der Waals surface area (Å²) in [6.07, 6.45) is 4.29. The maximum Gasteiger partial charge on any atom is 0.291 e. The van der Waals surface area contributed by atoms with Gasteiger partial charge in [0.15, 0.2) is 15.6 Å². The highest BCUT2D eigenvalue weighted by Gasteiger charge is 2.19. The molecule has 0 aliphatic heterocycles. The quantitative estimate of drug-likeness (QED) is 0.465. The Hall–Kier alpha value is -3.71. The molecule has 0 atom stereocenters. The van der Waals surface area contributed by atoms with Crippen molar-refractivity contribution in [3.05, 3.63) is 114 Å². The number of hydrogen-bond donors (Lipinski definition) is 1. The molecule has 31 heavy (non-hydrogen) atoms. The monoisotopic (exact) mass is 432 g/mol. The Morgan fingerprint density at radius 1 is 0.839 bits per heavy atom. The van der Waals surface area contributed by atoms with Crippen LogP contribution in [0.2, 0.25) is 0 Å². The first-order valence-electron chi connectivity index (χ1n) is 9.65. The summed E-state index contributed by atoms with van der Waals surface area (Å²) in [6, 6.07) is 22.6. The Bertz CT molecular complexity index is 1270. The van der Waals surface area contributed by atoms with Gasteiger partial charge in [0.2, 0.25) is 0 Å². The molecule has 2 heterocycles. The number of anilines is 1. The van der Waals surface area contributed by atoms with Gasteiger partial charge >= 0.3 is 0 Å². The molecule has 0 saturated heterocycles. The van der Waals surface area contributed by atoms with Crippen LogP contribution < -0.4 is 5.32 Å². The van der Waals surface area contributed by atoms with Crippen LogP contribution in [0.1, 0.15) is 27.4 Å². The number of amides is 1. The molecule has 0 bridgehead atoms. The largest absolute Gasteiger partial charge is 0.455 e. The van der Waals surface area contributed by atoms with E-state index in [0.717, 1.165) is 17.5 Å². The highest BCUT2D eigenvalue weighted by Crippen LogP contribution is 2.19. The summed E-state index contributed by atoms with van der Waals surface area (Å²) in [6.45, 7) is 0. The zero-order valence-electron chi connectivity index (χ0n) is 16.6. The van der Waals surface area contributed by atoms with E-state index in [9.17, 15) is 13.2 Å². The van der Waals surface area contributed by atoms with Gasteiger partial charge in [-0.2, -0.15) is 0 Å². The topological polar surface area (TPSA) is 89.3 Å². The maximum atomic E-state index is 12.5. The lowest BCUT2D eigenvalue weighted by Crippen LogP contribution is -2.11. The van der Waals surface area contributed by atoms with Crippen LogP contribution in [0.5, 0.6) is 0 Å². The van der Waals surface area contributed by atoms with E-state index in [2.05, 4.69) is 10.3 Å². The number of furan rings is 1. The van der Waals surface area contributed by atoms with Crippen molar-refractivity contribution >= 4 is 21.4 Å². The molecule has 0 radical (unpaired) electrons. The second-order valence-corrected chi connectivity index (χ2v) is 9.01. The zero-order valence-corrected chi connectivity index (χ0v) is 17.4. The van der Waals surface area contributed by atoms with Gasteiger partial charge in [-0.15, -0.1) is 0 Å². The second kappa shape index (κ2) is 8.97. The fourth-order valence-corrected chi connectivity index (χ4v) is 4.38. The van der Waals surface area contributed by atoms with Gasteiger partial charge in [0.1, 0.15) is 11.5 Å². The van der Waals surface area contributed by atoms with Gasteiger partial charge < -0.3 is 9.73 Å². The normalized spacial score (nSPS) is 11.2. The molecule has 0 unspecified atom stereocenters. The number of nitrogens with zero attached hydrogens (tertiary/aromatic N) is 1. The summed E-state index contributed by atoms with van der Waals surface area (Å²) in [5, 5.41) is 2.77. The molecule has 0 aliphatic carbocycles. The van der Waals surface area contributed by atoms with Crippen molar-refractivity contribution < 1.29 is 17.6 Å². The number of aromatic nitrogens is 1. The van der Waals surface area contributed by atoms with Gasteiger partial charge in [0.25, 0.3) is 5.91 Å². The molecule has 0 fully saturated rings. The van der Waals surface area contributed by atoms with Gasteiger partial charge in [-0.3, -0.25) is 9.78 Å². The van der Waals surface area contributed by atoms with Crippen molar-refractivity contribution in [2.75, 3.05) is 5.32 Å². The maximum absolute atomic E-state index is 12.5. The first-order valence-corrected chi connectivity index (χ1v) is 11.3. The molecule has 156 valence electrons. The molecular formula is C24H20N2O4S. The van der Waals surface area contributed by atoms with E-state index in [1.165, 1.54) is 24.3 Å². The van der Waals surface area contributed by atoms with Gasteiger partial charge in [-0.25, -0.2) is 8.42 Å². The van der Waals surface area contributed by atoms with E-state index >= 15 is 0 Å². The van der Waals surface area contributed by atoms with E-state index < -0.39 is 15.7 Å². The number of sulfone groups is 1. The van der Waals surface area contributed by atoms with Gasteiger partial charge in [-0.05, 0) is 66.1 Å². The molecule has 0 aliphatic rings. The Balaban J connectivity index is 1.39. The van der Waals surface area contributed by atoms with Crippen molar-refractivity contribution in [1.82, 2.24) is 4.98 Å². The highest BCUT2D eigenvalue weighted by molar-refractivity contribution is 7.90. The molecule has 2 aromatic carbocycles. The molecule has 4 aromatic rings. The van der Waals surface area contributed by atoms with Crippen molar-refractivity contribution in [3.8, 4) is 0 Å². The van der Waals surface area contributed by atoms with Crippen LogP contribution in [0.4, 0.5) is 5.69 Å². The fourth-order valence-electron chi connectivity index (χ4n) is 3.11. The number of pyridine rings is 1. The van der Waals surface area contributed by atoms with Crippen LogP contribution in [0, 0.1) is 0 Å². The summed E-state index contributed by atoms with van der Waals surface area (Å²) >= 11 is 0. The summed E-state index contributed by atoms with van der Waals surface area (Å²) in [5.74, 6) is -0.486. The molecule has 0 saturated carbocycles. The van der Waals surface area contributed by atoms with Gasteiger partial charge in [-0.1, -0.05) is 30.3 Å². The average Bonchev–Trinajstić information content (AvgIpc) is 3.24. The number of rotatable bonds is 7. The van der Waals surface area contributed by atoms with Crippen LogP contribution in [-0.2, 0) is 22.0 Å². The van der Waals surface area contributed by atoms with E-state index in [1.807, 2.05) is 36.4 Å². The predicted molar refractivity (Wildman–Crippen MR) is 117 cm³/mol. The Morgan fingerprint density at radius 3 is 2.23 bits per heavy atom. The molecule has 2 aromatic heterocycles. The van der Waals surface area contributed by atoms with Crippen LogP contribution in [0.25, 0.3) is 0 Å². The Morgan fingerprint density at radius 2 is 1.52 bits per heavy atom. The molecular weight excluding hydrogens is 412 g/mol. The van der Waals surface area contributed by atoms with Crippen LogP contribution in [0.3, 0.4) is 0 Å². The standard InChI is InChI=1S/C24H20N2O4S/c27-24(26-20-8-6-18(7-9-20)16-19-12-14-25-15-13-19)23-11-10-21(30-23)17-31(28,29)22-4-2-1-3-5-22/h1-15H,16-17H2,(H,26,27). The first-order chi connectivity index (χ1) is 15.0.